The Morgan fingerprint density at radius 2 is 1.38 bits per heavy atom. The molecule has 2 aliphatic heterocycles. The fourth-order valence-corrected chi connectivity index (χ4v) is 3.65. The first-order valence-corrected chi connectivity index (χ1v) is 9.11. The van der Waals surface area contributed by atoms with Crippen LogP contribution in [0.15, 0.2) is 48.5 Å². The lowest BCUT2D eigenvalue weighted by molar-refractivity contribution is 0.0663. The van der Waals surface area contributed by atoms with E-state index in [1.807, 2.05) is 28.0 Å². The van der Waals surface area contributed by atoms with E-state index in [9.17, 15) is 9.59 Å². The monoisotopic (exact) mass is 349 g/mol. The van der Waals surface area contributed by atoms with Crippen molar-refractivity contribution in [3.05, 3.63) is 65.2 Å². The van der Waals surface area contributed by atoms with Crippen molar-refractivity contribution in [2.45, 2.75) is 6.42 Å². The van der Waals surface area contributed by atoms with E-state index >= 15 is 0 Å². The maximum absolute atomic E-state index is 12.9. The zero-order valence-corrected chi connectivity index (χ0v) is 15.0. The third kappa shape index (κ3) is 3.10. The summed E-state index contributed by atoms with van der Waals surface area (Å²) in [4.78, 5) is 31.4. The number of piperazine rings is 1. The number of anilines is 1. The van der Waals surface area contributed by atoms with Crippen molar-refractivity contribution in [3.63, 3.8) is 0 Å². The van der Waals surface area contributed by atoms with Crippen LogP contribution in [0.5, 0.6) is 0 Å². The molecule has 1 fully saturated rings. The number of amides is 2. The summed E-state index contributed by atoms with van der Waals surface area (Å²) >= 11 is 0. The number of benzene rings is 2. The summed E-state index contributed by atoms with van der Waals surface area (Å²) in [5.41, 5.74) is 3.47. The van der Waals surface area contributed by atoms with E-state index in [-0.39, 0.29) is 11.8 Å². The molecule has 2 heterocycles. The lowest BCUT2D eigenvalue weighted by Gasteiger charge is -2.32. The standard InChI is InChI=1S/C21H23N3O2/c1-22-12-14-23(15-13-22)20(25)17-6-8-18(9-7-17)21(26)24-11-10-16-4-2-3-5-19(16)24/h2-9H,10-15H2,1H3. The Bertz CT molecular complexity index is 823. The van der Waals surface area contributed by atoms with Crippen LogP contribution in [-0.4, -0.2) is 61.4 Å². The van der Waals surface area contributed by atoms with Gasteiger partial charge in [0.2, 0.25) is 0 Å². The minimum absolute atomic E-state index is 0.00598. The van der Waals surface area contributed by atoms with Crippen LogP contribution < -0.4 is 4.90 Å². The van der Waals surface area contributed by atoms with Crippen molar-refractivity contribution in [2.75, 3.05) is 44.7 Å². The summed E-state index contributed by atoms with van der Waals surface area (Å²) in [6, 6.07) is 15.1. The van der Waals surface area contributed by atoms with Crippen LogP contribution in [0.1, 0.15) is 26.3 Å². The summed E-state index contributed by atoms with van der Waals surface area (Å²) in [7, 11) is 2.07. The third-order valence-electron chi connectivity index (χ3n) is 5.30. The molecule has 26 heavy (non-hydrogen) atoms. The zero-order chi connectivity index (χ0) is 18.1. The molecule has 5 nitrogen and oxygen atoms in total. The van der Waals surface area contributed by atoms with Crippen LogP contribution in [-0.2, 0) is 6.42 Å². The van der Waals surface area contributed by atoms with Crippen molar-refractivity contribution in [1.29, 1.82) is 0 Å². The fraction of sp³-hybridized carbons (Fsp3) is 0.333. The summed E-state index contributed by atoms with van der Waals surface area (Å²) in [5, 5.41) is 0. The number of para-hydroxylation sites is 1. The van der Waals surface area contributed by atoms with Crippen molar-refractivity contribution >= 4 is 17.5 Å². The molecule has 0 radical (unpaired) electrons. The molecule has 0 aliphatic carbocycles. The van der Waals surface area contributed by atoms with E-state index in [1.165, 1.54) is 5.56 Å². The lowest BCUT2D eigenvalue weighted by Crippen LogP contribution is -2.47. The summed E-state index contributed by atoms with van der Waals surface area (Å²) in [5.74, 6) is 0.0390. The van der Waals surface area contributed by atoms with Crippen LogP contribution in [0.3, 0.4) is 0 Å². The molecule has 0 atom stereocenters. The number of carbonyl (C=O) groups is 2. The predicted octanol–water partition coefficient (Wildman–Crippen LogP) is 2.28. The van der Waals surface area contributed by atoms with E-state index in [4.69, 9.17) is 0 Å². The highest BCUT2D eigenvalue weighted by Gasteiger charge is 2.25. The van der Waals surface area contributed by atoms with Crippen LogP contribution in [0.2, 0.25) is 0 Å². The average Bonchev–Trinajstić information content (AvgIpc) is 3.12. The number of rotatable bonds is 2. The Morgan fingerprint density at radius 1 is 0.769 bits per heavy atom. The molecule has 0 saturated carbocycles. The molecule has 2 amide bonds. The van der Waals surface area contributed by atoms with Crippen LogP contribution in [0.4, 0.5) is 5.69 Å². The summed E-state index contributed by atoms with van der Waals surface area (Å²) < 4.78 is 0. The van der Waals surface area contributed by atoms with Gasteiger partial charge in [0.05, 0.1) is 0 Å². The predicted molar refractivity (Wildman–Crippen MR) is 102 cm³/mol. The Kier molecular flexibility index (Phi) is 4.47. The van der Waals surface area contributed by atoms with Gasteiger partial charge in [0.1, 0.15) is 0 Å². The molecule has 134 valence electrons. The Balaban J connectivity index is 1.48. The highest BCUT2D eigenvalue weighted by atomic mass is 16.2. The number of hydrogen-bond acceptors (Lipinski definition) is 3. The number of fused-ring (bicyclic) bond motifs is 1. The Hall–Kier alpha value is -2.66. The Morgan fingerprint density at radius 3 is 2.08 bits per heavy atom. The molecule has 0 bridgehead atoms. The van der Waals surface area contributed by atoms with Gasteiger partial charge in [0, 0.05) is 49.5 Å². The largest absolute Gasteiger partial charge is 0.336 e. The molecule has 0 N–H and O–H groups in total. The molecule has 0 unspecified atom stereocenters. The van der Waals surface area contributed by atoms with Crippen molar-refractivity contribution in [1.82, 2.24) is 9.80 Å². The van der Waals surface area contributed by atoms with Gasteiger partial charge in [-0.2, -0.15) is 0 Å². The van der Waals surface area contributed by atoms with Crippen LogP contribution in [0, 0.1) is 0 Å². The number of hydrogen-bond donors (Lipinski definition) is 0. The maximum atomic E-state index is 12.9. The highest BCUT2D eigenvalue weighted by molar-refractivity contribution is 6.07. The maximum Gasteiger partial charge on any atom is 0.258 e. The van der Waals surface area contributed by atoms with Gasteiger partial charge in [-0.15, -0.1) is 0 Å². The molecular formula is C21H23N3O2. The summed E-state index contributed by atoms with van der Waals surface area (Å²) in [6.45, 7) is 4.01. The average molecular weight is 349 g/mol. The first-order chi connectivity index (χ1) is 12.6. The summed E-state index contributed by atoms with van der Waals surface area (Å²) in [6.07, 6.45) is 0.891. The van der Waals surface area contributed by atoms with Gasteiger partial charge in [-0.05, 0) is 49.4 Å². The van der Waals surface area contributed by atoms with Gasteiger partial charge in [-0.1, -0.05) is 18.2 Å². The first kappa shape index (κ1) is 16.8. The topological polar surface area (TPSA) is 43.9 Å². The van der Waals surface area contributed by atoms with Crippen molar-refractivity contribution < 1.29 is 9.59 Å². The fourth-order valence-electron chi connectivity index (χ4n) is 3.65. The molecule has 2 aliphatic rings. The molecule has 0 spiro atoms. The number of nitrogens with zero attached hydrogens (tertiary/aromatic N) is 3. The highest BCUT2D eigenvalue weighted by Crippen LogP contribution is 2.28. The lowest BCUT2D eigenvalue weighted by atomic mass is 10.1. The minimum atomic E-state index is -0.00598. The van der Waals surface area contributed by atoms with E-state index in [0.29, 0.717) is 17.7 Å². The Labute approximate surface area is 153 Å². The third-order valence-corrected chi connectivity index (χ3v) is 5.30. The second-order valence-electron chi connectivity index (χ2n) is 7.01. The van der Waals surface area contributed by atoms with Crippen LogP contribution >= 0.6 is 0 Å². The second-order valence-corrected chi connectivity index (χ2v) is 7.01. The quantitative estimate of drug-likeness (QED) is 0.835. The SMILES string of the molecule is CN1CCN(C(=O)c2ccc(C(=O)N3CCc4ccccc43)cc2)CC1. The van der Waals surface area contributed by atoms with E-state index in [2.05, 4.69) is 18.0 Å². The van der Waals surface area contributed by atoms with Gasteiger partial charge in [-0.25, -0.2) is 0 Å². The van der Waals surface area contributed by atoms with Crippen molar-refractivity contribution in [3.8, 4) is 0 Å². The van der Waals surface area contributed by atoms with Gasteiger partial charge < -0.3 is 14.7 Å². The van der Waals surface area contributed by atoms with Gasteiger partial charge in [0.25, 0.3) is 11.8 Å². The van der Waals surface area contributed by atoms with E-state index < -0.39 is 0 Å². The normalized spacial score (nSPS) is 17.3. The van der Waals surface area contributed by atoms with E-state index in [0.717, 1.165) is 38.3 Å². The molecule has 1 saturated heterocycles. The first-order valence-electron chi connectivity index (χ1n) is 9.11. The minimum Gasteiger partial charge on any atom is -0.336 e. The van der Waals surface area contributed by atoms with Crippen molar-refractivity contribution in [2.24, 2.45) is 0 Å². The van der Waals surface area contributed by atoms with Gasteiger partial charge in [-0.3, -0.25) is 9.59 Å². The molecule has 5 heteroatoms. The molecule has 2 aromatic rings. The number of likely N-dealkylation sites (N-methyl/N-ethyl adjacent to an activating group) is 1. The second kappa shape index (κ2) is 6.92. The van der Waals surface area contributed by atoms with E-state index in [1.54, 1.807) is 24.3 Å². The van der Waals surface area contributed by atoms with Gasteiger partial charge >= 0.3 is 0 Å². The smallest absolute Gasteiger partial charge is 0.258 e. The zero-order valence-electron chi connectivity index (χ0n) is 15.0. The number of carbonyl (C=O) groups excluding carboxylic acids is 2. The molecule has 4 rings (SSSR count). The molecule has 2 aromatic carbocycles. The molecular weight excluding hydrogens is 326 g/mol. The van der Waals surface area contributed by atoms with Crippen LogP contribution in [0.25, 0.3) is 0 Å². The molecule has 0 aromatic heterocycles. The van der Waals surface area contributed by atoms with Gasteiger partial charge in [0.15, 0.2) is 0 Å².